The Balaban J connectivity index is 1.71. The second-order valence-corrected chi connectivity index (χ2v) is 5.59. The molecule has 1 fully saturated rings. The van der Waals surface area contributed by atoms with Crippen LogP contribution in [-0.4, -0.2) is 24.4 Å². The quantitative estimate of drug-likeness (QED) is 0.846. The van der Waals surface area contributed by atoms with Crippen LogP contribution in [0.4, 0.5) is 0 Å². The van der Waals surface area contributed by atoms with E-state index in [4.69, 9.17) is 11.6 Å². The topological polar surface area (TPSA) is 58.2 Å². The van der Waals surface area contributed by atoms with Gasteiger partial charge in [0, 0.05) is 19.0 Å². The van der Waals surface area contributed by atoms with Gasteiger partial charge in [-0.3, -0.25) is 9.59 Å². The molecule has 2 amide bonds. The first-order valence-electron chi connectivity index (χ1n) is 6.90. The Kier molecular flexibility index (Phi) is 5.01. The van der Waals surface area contributed by atoms with Crippen LogP contribution < -0.4 is 10.6 Å². The summed E-state index contributed by atoms with van der Waals surface area (Å²) in [6, 6.07) is 7.09. The maximum absolute atomic E-state index is 11.9. The van der Waals surface area contributed by atoms with E-state index in [1.54, 1.807) is 24.3 Å². The summed E-state index contributed by atoms with van der Waals surface area (Å²) in [5.74, 6) is 0.360. The minimum atomic E-state index is -0.251. The molecule has 2 rings (SSSR count). The average molecular weight is 295 g/mol. The molecule has 1 saturated carbocycles. The maximum Gasteiger partial charge on any atom is 0.252 e. The number of carbonyl (C=O) groups excluding carboxylic acids is 2. The first-order valence-corrected chi connectivity index (χ1v) is 7.28. The molecule has 0 radical (unpaired) electrons. The highest BCUT2D eigenvalue weighted by atomic mass is 35.5. The van der Waals surface area contributed by atoms with Gasteiger partial charge in [-0.2, -0.15) is 0 Å². The predicted octanol–water partition coefficient (Wildman–Crippen LogP) is 2.37. The van der Waals surface area contributed by atoms with Crippen LogP contribution in [0.2, 0.25) is 5.02 Å². The molecule has 2 N–H and O–H groups in total. The molecule has 1 aliphatic rings. The Morgan fingerprint density at radius 3 is 2.70 bits per heavy atom. The molecule has 0 saturated heterocycles. The zero-order valence-corrected chi connectivity index (χ0v) is 12.2. The van der Waals surface area contributed by atoms with Crippen LogP contribution >= 0.6 is 11.6 Å². The molecule has 0 aliphatic heterocycles. The Morgan fingerprint density at radius 2 is 2.05 bits per heavy atom. The largest absolute Gasteiger partial charge is 0.353 e. The van der Waals surface area contributed by atoms with Gasteiger partial charge in [-0.1, -0.05) is 23.7 Å². The van der Waals surface area contributed by atoms with E-state index in [2.05, 4.69) is 10.6 Å². The second kappa shape index (κ2) is 6.75. The Morgan fingerprint density at radius 1 is 1.35 bits per heavy atom. The Labute approximate surface area is 123 Å². The number of rotatable bonds is 6. The summed E-state index contributed by atoms with van der Waals surface area (Å²) in [4.78, 5) is 23.5. The third kappa shape index (κ3) is 4.23. The van der Waals surface area contributed by atoms with Crippen molar-refractivity contribution in [2.24, 2.45) is 5.92 Å². The zero-order valence-electron chi connectivity index (χ0n) is 11.5. The lowest BCUT2D eigenvalue weighted by Gasteiger charge is -2.13. The molecule has 1 unspecified atom stereocenters. The number of nitrogens with one attached hydrogen (secondary N) is 2. The molecule has 1 aromatic carbocycles. The van der Waals surface area contributed by atoms with Gasteiger partial charge in [0.05, 0.1) is 10.6 Å². The van der Waals surface area contributed by atoms with Crippen molar-refractivity contribution in [2.75, 3.05) is 6.54 Å². The molecule has 1 atom stereocenters. The molecule has 1 aromatic rings. The van der Waals surface area contributed by atoms with Gasteiger partial charge in [-0.05, 0) is 37.8 Å². The van der Waals surface area contributed by atoms with Crippen molar-refractivity contribution in [1.82, 2.24) is 10.6 Å². The highest BCUT2D eigenvalue weighted by molar-refractivity contribution is 6.33. The molecule has 4 nitrogen and oxygen atoms in total. The highest BCUT2D eigenvalue weighted by Crippen LogP contribution is 2.32. The molecular weight excluding hydrogens is 276 g/mol. The van der Waals surface area contributed by atoms with Crippen molar-refractivity contribution in [2.45, 2.75) is 32.2 Å². The number of hydrogen-bond donors (Lipinski definition) is 2. The van der Waals surface area contributed by atoms with E-state index in [-0.39, 0.29) is 24.3 Å². The summed E-state index contributed by atoms with van der Waals surface area (Å²) < 4.78 is 0. The van der Waals surface area contributed by atoms with Crippen LogP contribution in [0.3, 0.4) is 0 Å². The first-order chi connectivity index (χ1) is 9.58. The minimum Gasteiger partial charge on any atom is -0.353 e. The Bertz CT molecular complexity index is 500. The molecule has 0 spiro atoms. The monoisotopic (exact) mass is 294 g/mol. The lowest BCUT2D eigenvalue weighted by Crippen LogP contribution is -2.36. The predicted molar refractivity (Wildman–Crippen MR) is 78.7 cm³/mol. The molecule has 0 aromatic heterocycles. The van der Waals surface area contributed by atoms with Gasteiger partial charge in [0.1, 0.15) is 0 Å². The number of carbonyl (C=O) groups is 2. The third-order valence-corrected chi connectivity index (χ3v) is 3.80. The molecular formula is C15H19ClN2O2. The van der Waals surface area contributed by atoms with Crippen LogP contribution in [0.25, 0.3) is 0 Å². The van der Waals surface area contributed by atoms with Crippen molar-refractivity contribution in [3.63, 3.8) is 0 Å². The van der Waals surface area contributed by atoms with E-state index in [0.717, 1.165) is 0 Å². The minimum absolute atomic E-state index is 0.0242. The standard InChI is InChI=1S/C15H19ClN2O2/c1-10(11-6-7-11)18-14(19)8-9-17-15(20)12-4-2-3-5-13(12)16/h2-5,10-11H,6-9H2,1H3,(H,17,20)(H,18,19). The SMILES string of the molecule is CC(NC(=O)CCNC(=O)c1ccccc1Cl)C1CC1. The number of benzene rings is 1. The van der Waals surface area contributed by atoms with Crippen LogP contribution in [0, 0.1) is 5.92 Å². The molecule has 20 heavy (non-hydrogen) atoms. The van der Waals surface area contributed by atoms with Gasteiger partial charge in [0.25, 0.3) is 5.91 Å². The highest BCUT2D eigenvalue weighted by Gasteiger charge is 2.28. The summed E-state index contributed by atoms with van der Waals surface area (Å²) in [5.41, 5.74) is 0.431. The van der Waals surface area contributed by atoms with Gasteiger partial charge < -0.3 is 10.6 Å². The fourth-order valence-electron chi connectivity index (χ4n) is 2.07. The normalized spacial score (nSPS) is 15.5. The van der Waals surface area contributed by atoms with Crippen molar-refractivity contribution in [1.29, 1.82) is 0 Å². The summed E-state index contributed by atoms with van der Waals surface area (Å²) in [6.07, 6.45) is 2.68. The van der Waals surface area contributed by atoms with E-state index in [9.17, 15) is 9.59 Å². The molecule has 1 aliphatic carbocycles. The average Bonchev–Trinajstić information content (AvgIpc) is 3.23. The molecule has 5 heteroatoms. The van der Waals surface area contributed by atoms with Gasteiger partial charge in [-0.15, -0.1) is 0 Å². The van der Waals surface area contributed by atoms with Gasteiger partial charge >= 0.3 is 0 Å². The molecule has 0 heterocycles. The first kappa shape index (κ1) is 14.9. The van der Waals surface area contributed by atoms with Crippen molar-refractivity contribution in [3.05, 3.63) is 34.9 Å². The van der Waals surface area contributed by atoms with E-state index < -0.39 is 0 Å². The molecule has 0 bridgehead atoms. The lowest BCUT2D eigenvalue weighted by molar-refractivity contribution is -0.121. The summed E-state index contributed by atoms with van der Waals surface area (Å²) in [5, 5.41) is 6.07. The number of hydrogen-bond acceptors (Lipinski definition) is 2. The van der Waals surface area contributed by atoms with Crippen molar-refractivity contribution in [3.8, 4) is 0 Å². The van der Waals surface area contributed by atoms with Crippen molar-refractivity contribution < 1.29 is 9.59 Å². The van der Waals surface area contributed by atoms with Crippen molar-refractivity contribution >= 4 is 23.4 Å². The Hall–Kier alpha value is -1.55. The summed E-state index contributed by atoms with van der Waals surface area (Å²) in [6.45, 7) is 2.34. The summed E-state index contributed by atoms with van der Waals surface area (Å²) >= 11 is 5.93. The number of amides is 2. The van der Waals surface area contributed by atoms with Gasteiger partial charge in [-0.25, -0.2) is 0 Å². The smallest absolute Gasteiger partial charge is 0.252 e. The van der Waals surface area contributed by atoms with E-state index in [0.29, 0.717) is 23.0 Å². The van der Waals surface area contributed by atoms with Crippen LogP contribution in [0.1, 0.15) is 36.5 Å². The maximum atomic E-state index is 11.9. The fourth-order valence-corrected chi connectivity index (χ4v) is 2.29. The fraction of sp³-hybridized carbons (Fsp3) is 0.467. The lowest BCUT2D eigenvalue weighted by atomic mass is 10.2. The van der Waals surface area contributed by atoms with E-state index in [1.807, 2.05) is 6.92 Å². The van der Waals surface area contributed by atoms with E-state index >= 15 is 0 Å². The van der Waals surface area contributed by atoms with Crippen LogP contribution in [0.15, 0.2) is 24.3 Å². The van der Waals surface area contributed by atoms with Crippen LogP contribution in [0.5, 0.6) is 0 Å². The second-order valence-electron chi connectivity index (χ2n) is 5.18. The summed E-state index contributed by atoms with van der Waals surface area (Å²) in [7, 11) is 0. The zero-order chi connectivity index (χ0) is 14.5. The third-order valence-electron chi connectivity index (χ3n) is 3.47. The van der Waals surface area contributed by atoms with Gasteiger partial charge in [0.15, 0.2) is 0 Å². The molecule has 108 valence electrons. The van der Waals surface area contributed by atoms with Gasteiger partial charge in [0.2, 0.25) is 5.91 Å². The van der Waals surface area contributed by atoms with Crippen LogP contribution in [-0.2, 0) is 4.79 Å². The number of halogens is 1. The van der Waals surface area contributed by atoms with E-state index in [1.165, 1.54) is 12.8 Å².